The number of ether oxygens (including phenoxy) is 1. The van der Waals surface area contributed by atoms with E-state index in [2.05, 4.69) is 19.3 Å². The highest BCUT2D eigenvalue weighted by Crippen LogP contribution is 2.29. The molecule has 0 saturated heterocycles. The molecule has 0 amide bonds. The van der Waals surface area contributed by atoms with Gasteiger partial charge in [-0.05, 0) is 25.3 Å². The van der Waals surface area contributed by atoms with Crippen LogP contribution in [0.3, 0.4) is 0 Å². The van der Waals surface area contributed by atoms with Gasteiger partial charge < -0.3 is 4.74 Å². The van der Waals surface area contributed by atoms with Gasteiger partial charge >= 0.3 is 0 Å². The van der Waals surface area contributed by atoms with Gasteiger partial charge in [-0.25, -0.2) is 18.4 Å². The molecule has 0 spiro atoms. The molecule has 0 N–H and O–H groups in total. The van der Waals surface area contributed by atoms with E-state index in [1.54, 1.807) is 22.9 Å². The second-order valence-corrected chi connectivity index (χ2v) is 7.74. The van der Waals surface area contributed by atoms with Crippen LogP contribution < -0.4 is 0 Å². The Balaban J connectivity index is 0.000000345. The average molecular weight is 411 g/mol. The van der Waals surface area contributed by atoms with Gasteiger partial charge in [-0.2, -0.15) is 0 Å². The van der Waals surface area contributed by atoms with Gasteiger partial charge in [0.25, 0.3) is 0 Å². The number of hydrogen-bond donors (Lipinski definition) is 0. The van der Waals surface area contributed by atoms with Crippen LogP contribution in [-0.4, -0.2) is 32.6 Å². The fourth-order valence-corrected chi connectivity index (χ4v) is 2.67. The predicted octanol–water partition coefficient (Wildman–Crippen LogP) is 4.87. The second kappa shape index (κ2) is 10.2. The summed E-state index contributed by atoms with van der Waals surface area (Å²) < 4.78 is 33.8. The molecule has 0 bridgehead atoms. The van der Waals surface area contributed by atoms with E-state index < -0.39 is 11.5 Å². The quantitative estimate of drug-likeness (QED) is 0.503. The largest absolute Gasteiger partial charge is 0.363 e. The molecule has 2 unspecified atom stereocenters. The molecule has 2 heterocycles. The predicted molar refractivity (Wildman–Crippen MR) is 108 cm³/mol. The monoisotopic (exact) mass is 411 g/mol. The van der Waals surface area contributed by atoms with E-state index in [1.165, 1.54) is 6.07 Å². The van der Waals surface area contributed by atoms with E-state index in [0.29, 0.717) is 43.8 Å². The van der Waals surface area contributed by atoms with Crippen LogP contribution in [0.4, 0.5) is 8.78 Å². The van der Waals surface area contributed by atoms with E-state index in [-0.39, 0.29) is 17.4 Å². The van der Waals surface area contributed by atoms with Crippen molar-refractivity contribution in [2.75, 3.05) is 6.61 Å². The van der Waals surface area contributed by atoms with Gasteiger partial charge in [-0.3, -0.25) is 4.79 Å². The second-order valence-electron chi connectivity index (χ2n) is 6.70. The van der Waals surface area contributed by atoms with Crippen LogP contribution in [0.5, 0.6) is 0 Å². The highest BCUT2D eigenvalue weighted by molar-refractivity contribution is 7.18. The van der Waals surface area contributed by atoms with E-state index >= 15 is 0 Å². The molecule has 154 valence electrons. The lowest BCUT2D eigenvalue weighted by Gasteiger charge is -2.23. The summed E-state index contributed by atoms with van der Waals surface area (Å²) in [5, 5.41) is 3.23. The van der Waals surface area contributed by atoms with Crippen LogP contribution in [0.1, 0.15) is 74.6 Å². The molecule has 1 aliphatic heterocycles. The minimum atomic E-state index is -1.00. The molecule has 2 aromatic rings. The maximum atomic E-state index is 13.9. The lowest BCUT2D eigenvalue weighted by Crippen LogP contribution is -2.24. The SMILES string of the molecule is CCC(F)(P)CC.CCCC(=O)c1nc2n(n1)CCOC2c1ccccc1F. The van der Waals surface area contributed by atoms with Crippen LogP contribution >= 0.6 is 9.24 Å². The molecule has 1 aliphatic rings. The van der Waals surface area contributed by atoms with Crippen molar-refractivity contribution in [3.63, 3.8) is 0 Å². The van der Waals surface area contributed by atoms with Crippen molar-refractivity contribution in [2.45, 2.75) is 64.5 Å². The number of Topliss-reactive ketones (excluding diaryl/α,β-unsaturated/α-hetero) is 1. The first-order valence-corrected chi connectivity index (χ1v) is 10.2. The van der Waals surface area contributed by atoms with Crippen LogP contribution in [0, 0.1) is 5.82 Å². The molecule has 3 rings (SSSR count). The fourth-order valence-electron chi connectivity index (χ4n) is 2.67. The highest BCUT2D eigenvalue weighted by atomic mass is 31.0. The van der Waals surface area contributed by atoms with Crippen molar-refractivity contribution in [3.8, 4) is 0 Å². The summed E-state index contributed by atoms with van der Waals surface area (Å²) >= 11 is 0. The Morgan fingerprint density at radius 2 is 2.00 bits per heavy atom. The standard InChI is InChI=1S/C15H16FN3O2.C5H12FP/c1-2-5-12(20)14-17-15-13(21-9-8-19(15)18-14)10-6-3-4-7-11(10)16;1-3-5(6,7)4-2/h3-4,6-7,13H,2,5,8-9H2,1H3;3-4,7H2,1-2H3. The fraction of sp³-hybridized carbons (Fsp3) is 0.550. The molecule has 5 nitrogen and oxygen atoms in total. The van der Waals surface area contributed by atoms with Crippen molar-refractivity contribution in [3.05, 3.63) is 47.3 Å². The smallest absolute Gasteiger partial charge is 0.217 e. The zero-order chi connectivity index (χ0) is 20.7. The molecular formula is C20H28F2N3O2P. The number of halogens is 2. The Bertz CT molecular complexity index is 790. The molecule has 0 aliphatic carbocycles. The number of aromatic nitrogens is 3. The van der Waals surface area contributed by atoms with Gasteiger partial charge in [0.1, 0.15) is 17.3 Å². The third-order valence-electron chi connectivity index (χ3n) is 4.61. The maximum absolute atomic E-state index is 13.9. The van der Waals surface area contributed by atoms with Crippen molar-refractivity contribution in [1.29, 1.82) is 0 Å². The summed E-state index contributed by atoms with van der Waals surface area (Å²) in [4.78, 5) is 16.2. The third-order valence-corrected chi connectivity index (χ3v) is 5.43. The van der Waals surface area contributed by atoms with Gasteiger partial charge in [0.05, 0.1) is 13.2 Å². The van der Waals surface area contributed by atoms with E-state index in [9.17, 15) is 13.6 Å². The molecular weight excluding hydrogens is 383 g/mol. The van der Waals surface area contributed by atoms with Gasteiger partial charge in [-0.1, -0.05) is 48.2 Å². The van der Waals surface area contributed by atoms with Crippen molar-refractivity contribution in [2.24, 2.45) is 0 Å². The Kier molecular flexibility index (Phi) is 8.20. The molecule has 1 aromatic heterocycles. The lowest BCUT2D eigenvalue weighted by molar-refractivity contribution is 0.0369. The van der Waals surface area contributed by atoms with Gasteiger partial charge in [0, 0.05) is 12.0 Å². The molecule has 8 heteroatoms. The zero-order valence-electron chi connectivity index (χ0n) is 16.6. The van der Waals surface area contributed by atoms with Crippen LogP contribution in [0.25, 0.3) is 0 Å². The van der Waals surface area contributed by atoms with Crippen molar-refractivity contribution in [1.82, 2.24) is 14.8 Å². The Morgan fingerprint density at radius 1 is 1.32 bits per heavy atom. The summed E-state index contributed by atoms with van der Waals surface area (Å²) in [6.45, 7) is 6.55. The van der Waals surface area contributed by atoms with Crippen LogP contribution in [0.15, 0.2) is 24.3 Å². The molecule has 28 heavy (non-hydrogen) atoms. The van der Waals surface area contributed by atoms with E-state index in [1.807, 2.05) is 20.8 Å². The number of carbonyl (C=O) groups excluding carboxylic acids is 1. The van der Waals surface area contributed by atoms with Gasteiger partial charge in [0.15, 0.2) is 5.82 Å². The Labute approximate surface area is 167 Å². The number of benzene rings is 1. The Hall–Kier alpha value is -1.72. The molecule has 1 aromatic carbocycles. The number of hydrogen-bond acceptors (Lipinski definition) is 4. The maximum Gasteiger partial charge on any atom is 0.217 e. The lowest BCUT2D eigenvalue weighted by atomic mass is 10.1. The first-order valence-electron chi connectivity index (χ1n) is 9.64. The summed E-state index contributed by atoms with van der Waals surface area (Å²) in [6, 6.07) is 6.43. The summed E-state index contributed by atoms with van der Waals surface area (Å²) in [7, 11) is 2.20. The minimum Gasteiger partial charge on any atom is -0.363 e. The van der Waals surface area contributed by atoms with Gasteiger partial charge in [0.2, 0.25) is 11.6 Å². The highest BCUT2D eigenvalue weighted by Gasteiger charge is 2.29. The number of ketones is 1. The summed E-state index contributed by atoms with van der Waals surface area (Å²) in [5.41, 5.74) is 0.417. The normalized spacial score (nSPS) is 16.1. The van der Waals surface area contributed by atoms with E-state index in [4.69, 9.17) is 4.74 Å². The van der Waals surface area contributed by atoms with Gasteiger partial charge in [-0.15, -0.1) is 5.10 Å². The zero-order valence-corrected chi connectivity index (χ0v) is 17.8. The van der Waals surface area contributed by atoms with Crippen molar-refractivity contribution >= 4 is 15.0 Å². The first-order chi connectivity index (χ1) is 13.3. The number of rotatable bonds is 6. The average Bonchev–Trinajstić information content (AvgIpc) is 3.14. The first kappa shape index (κ1) is 22.6. The van der Waals surface area contributed by atoms with Crippen molar-refractivity contribution < 1.29 is 18.3 Å². The van der Waals surface area contributed by atoms with Crippen LogP contribution in [0.2, 0.25) is 0 Å². The number of nitrogens with zero attached hydrogens (tertiary/aromatic N) is 3. The number of carbonyl (C=O) groups is 1. The third kappa shape index (κ3) is 5.65. The van der Waals surface area contributed by atoms with E-state index in [0.717, 1.165) is 6.42 Å². The topological polar surface area (TPSA) is 57.0 Å². The summed E-state index contributed by atoms with van der Waals surface area (Å²) in [5.74, 6) is 0.247. The molecule has 0 fully saturated rings. The number of fused-ring (bicyclic) bond motifs is 1. The molecule has 0 radical (unpaired) electrons. The van der Waals surface area contributed by atoms with Crippen LogP contribution in [-0.2, 0) is 11.3 Å². The number of alkyl halides is 1. The summed E-state index contributed by atoms with van der Waals surface area (Å²) in [6.07, 6.45) is 1.73. The molecule has 2 atom stereocenters. The minimum absolute atomic E-state index is 0.0910. The Morgan fingerprint density at radius 3 is 2.57 bits per heavy atom. The molecule has 0 saturated carbocycles.